The molecule has 1 fully saturated rings. The second kappa shape index (κ2) is 8.06. The largest absolute Gasteiger partial charge is 0.480 e. The molecule has 0 aromatic heterocycles. The van der Waals surface area contributed by atoms with E-state index in [1.54, 1.807) is 13.8 Å². The van der Waals surface area contributed by atoms with Gasteiger partial charge in [-0.3, -0.25) is 4.79 Å². The number of amides is 2. The van der Waals surface area contributed by atoms with Gasteiger partial charge in [0.1, 0.15) is 18.2 Å². The first kappa shape index (κ1) is 20.9. The quantitative estimate of drug-likeness (QED) is 0.635. The van der Waals surface area contributed by atoms with Crippen LogP contribution in [0.1, 0.15) is 43.7 Å². The minimum atomic E-state index is -1.10. The topological polar surface area (TPSA) is 105 Å². The number of ether oxygens (including phenoxy) is 1. The zero-order valence-electron chi connectivity index (χ0n) is 17.6. The minimum Gasteiger partial charge on any atom is -0.480 e. The van der Waals surface area contributed by atoms with Crippen LogP contribution in [0.15, 0.2) is 48.5 Å². The number of nitrogens with one attached hydrogen (secondary N) is 2. The molecular weight excluding hydrogens is 396 g/mol. The Kier molecular flexibility index (Phi) is 5.43. The number of carboxylic acid groups (broad SMARTS) is 1. The zero-order chi connectivity index (χ0) is 22.2. The van der Waals surface area contributed by atoms with E-state index in [1.807, 2.05) is 36.4 Å². The molecule has 162 valence electrons. The predicted octanol–water partition coefficient (Wildman–Crippen LogP) is 3.28. The van der Waals surface area contributed by atoms with Crippen LogP contribution in [-0.4, -0.2) is 41.3 Å². The molecule has 3 N–H and O–H groups in total. The van der Waals surface area contributed by atoms with Crippen molar-refractivity contribution in [2.24, 2.45) is 5.92 Å². The summed E-state index contributed by atoms with van der Waals surface area (Å²) in [6.07, 6.45) is 0.229. The number of hydrogen-bond donors (Lipinski definition) is 3. The van der Waals surface area contributed by atoms with E-state index < -0.39 is 29.6 Å². The maximum Gasteiger partial charge on any atom is 0.408 e. The van der Waals surface area contributed by atoms with Crippen molar-refractivity contribution < 1.29 is 24.2 Å². The van der Waals surface area contributed by atoms with Crippen LogP contribution in [0.2, 0.25) is 0 Å². The van der Waals surface area contributed by atoms with E-state index in [0.717, 1.165) is 22.3 Å². The van der Waals surface area contributed by atoms with Gasteiger partial charge in [-0.1, -0.05) is 62.4 Å². The van der Waals surface area contributed by atoms with E-state index in [-0.39, 0.29) is 18.4 Å². The SMILES string of the molecule is CC(C)[C@H](NC(=O)C1(NC(=O)OCC2c3ccccc3-c3ccccc32)CC1)C(=O)O. The van der Waals surface area contributed by atoms with E-state index >= 15 is 0 Å². The summed E-state index contributed by atoms with van der Waals surface area (Å²) in [5.74, 6) is -1.92. The van der Waals surface area contributed by atoms with Crippen LogP contribution < -0.4 is 10.6 Å². The monoisotopic (exact) mass is 422 g/mol. The Labute approximate surface area is 180 Å². The first-order valence-electron chi connectivity index (χ1n) is 10.5. The van der Waals surface area contributed by atoms with Gasteiger partial charge in [0, 0.05) is 5.92 Å². The van der Waals surface area contributed by atoms with E-state index in [2.05, 4.69) is 22.8 Å². The molecule has 0 saturated heterocycles. The van der Waals surface area contributed by atoms with Gasteiger partial charge in [-0.05, 0) is 41.0 Å². The number of hydrogen-bond acceptors (Lipinski definition) is 4. The third-order valence-corrected chi connectivity index (χ3v) is 6.09. The summed E-state index contributed by atoms with van der Waals surface area (Å²) in [4.78, 5) is 36.5. The molecule has 0 unspecified atom stereocenters. The van der Waals surface area contributed by atoms with Gasteiger partial charge in [-0.15, -0.1) is 0 Å². The van der Waals surface area contributed by atoms with Crippen molar-refractivity contribution in [1.29, 1.82) is 0 Å². The third kappa shape index (κ3) is 4.00. The van der Waals surface area contributed by atoms with Gasteiger partial charge in [0.05, 0.1) is 0 Å². The molecule has 1 saturated carbocycles. The van der Waals surface area contributed by atoms with E-state index in [0.29, 0.717) is 12.8 Å². The summed E-state index contributed by atoms with van der Waals surface area (Å²) in [5.41, 5.74) is 3.40. The average Bonchev–Trinajstić information content (AvgIpc) is 3.45. The molecule has 0 bridgehead atoms. The Balaban J connectivity index is 1.40. The second-order valence-corrected chi connectivity index (χ2v) is 8.57. The van der Waals surface area contributed by atoms with Crippen LogP contribution in [-0.2, 0) is 14.3 Å². The van der Waals surface area contributed by atoms with Gasteiger partial charge < -0.3 is 20.5 Å². The Morgan fingerprint density at radius 1 is 1.03 bits per heavy atom. The lowest BCUT2D eigenvalue weighted by molar-refractivity contribution is -0.143. The molecule has 2 amide bonds. The van der Waals surface area contributed by atoms with E-state index in [1.165, 1.54) is 0 Å². The highest BCUT2D eigenvalue weighted by Gasteiger charge is 2.52. The minimum absolute atomic E-state index is 0.0699. The third-order valence-electron chi connectivity index (χ3n) is 6.09. The first-order chi connectivity index (χ1) is 14.8. The maximum atomic E-state index is 12.6. The number of carboxylic acids is 1. The van der Waals surface area contributed by atoms with Crippen LogP contribution in [0, 0.1) is 5.92 Å². The summed E-state index contributed by atoms with van der Waals surface area (Å²) < 4.78 is 5.52. The van der Waals surface area contributed by atoms with Gasteiger partial charge in [0.15, 0.2) is 0 Å². The van der Waals surface area contributed by atoms with Crippen molar-refractivity contribution in [3.63, 3.8) is 0 Å². The van der Waals surface area contributed by atoms with Crippen molar-refractivity contribution in [3.8, 4) is 11.1 Å². The molecule has 0 heterocycles. The fraction of sp³-hybridized carbons (Fsp3) is 0.375. The second-order valence-electron chi connectivity index (χ2n) is 8.57. The average molecular weight is 422 g/mol. The Hall–Kier alpha value is -3.35. The molecule has 2 aromatic carbocycles. The molecule has 2 aromatic rings. The molecule has 7 heteroatoms. The molecule has 0 radical (unpaired) electrons. The van der Waals surface area contributed by atoms with Crippen molar-refractivity contribution in [3.05, 3.63) is 59.7 Å². The molecule has 0 aliphatic heterocycles. The van der Waals surface area contributed by atoms with Crippen molar-refractivity contribution >= 4 is 18.0 Å². The van der Waals surface area contributed by atoms with Gasteiger partial charge in [-0.25, -0.2) is 9.59 Å². The van der Waals surface area contributed by atoms with Gasteiger partial charge >= 0.3 is 12.1 Å². The molecule has 7 nitrogen and oxygen atoms in total. The number of benzene rings is 2. The summed E-state index contributed by atoms with van der Waals surface area (Å²) in [5, 5.41) is 14.5. The Morgan fingerprint density at radius 3 is 2.06 bits per heavy atom. The van der Waals surface area contributed by atoms with Gasteiger partial charge in [0.2, 0.25) is 5.91 Å². The zero-order valence-corrected chi connectivity index (χ0v) is 17.6. The molecule has 0 spiro atoms. The van der Waals surface area contributed by atoms with Crippen LogP contribution in [0.5, 0.6) is 0 Å². The standard InChI is InChI=1S/C24H26N2O5/c1-14(2)20(21(27)28)25-22(29)24(11-12-24)26-23(30)31-13-19-17-9-5-3-7-15(17)16-8-4-6-10-18(16)19/h3-10,14,19-20H,11-13H2,1-2H3,(H,25,29)(H,26,30)(H,27,28)/t20-/m0/s1. The van der Waals surface area contributed by atoms with Crippen molar-refractivity contribution in [1.82, 2.24) is 10.6 Å². The summed E-state index contributed by atoms with van der Waals surface area (Å²) in [6.45, 7) is 3.59. The number of carbonyl (C=O) groups is 3. The number of fused-ring (bicyclic) bond motifs is 3. The lowest BCUT2D eigenvalue weighted by Crippen LogP contribution is -2.54. The summed E-state index contributed by atoms with van der Waals surface area (Å²) in [6, 6.07) is 15.1. The normalized spacial score (nSPS) is 16.7. The summed E-state index contributed by atoms with van der Waals surface area (Å²) in [7, 11) is 0. The van der Waals surface area contributed by atoms with Gasteiger partial charge in [0.25, 0.3) is 0 Å². The highest BCUT2D eigenvalue weighted by atomic mass is 16.5. The number of carbonyl (C=O) groups excluding carboxylic acids is 2. The maximum absolute atomic E-state index is 12.6. The van der Waals surface area contributed by atoms with E-state index in [9.17, 15) is 19.5 Å². The number of alkyl carbamates (subject to hydrolysis) is 1. The van der Waals surface area contributed by atoms with Crippen LogP contribution in [0.4, 0.5) is 4.79 Å². The highest BCUT2D eigenvalue weighted by molar-refractivity contribution is 5.95. The van der Waals surface area contributed by atoms with Gasteiger partial charge in [-0.2, -0.15) is 0 Å². The summed E-state index contributed by atoms with van der Waals surface area (Å²) >= 11 is 0. The lowest BCUT2D eigenvalue weighted by atomic mass is 9.98. The molecule has 2 aliphatic carbocycles. The fourth-order valence-electron chi connectivity index (χ4n) is 4.16. The highest BCUT2D eigenvalue weighted by Crippen LogP contribution is 2.44. The molecule has 2 aliphatic rings. The lowest BCUT2D eigenvalue weighted by Gasteiger charge is -2.23. The first-order valence-corrected chi connectivity index (χ1v) is 10.5. The van der Waals surface area contributed by atoms with Crippen molar-refractivity contribution in [2.45, 2.75) is 44.2 Å². The number of rotatable bonds is 7. The fourth-order valence-corrected chi connectivity index (χ4v) is 4.16. The van der Waals surface area contributed by atoms with Crippen LogP contribution >= 0.6 is 0 Å². The Morgan fingerprint density at radius 2 is 1.58 bits per heavy atom. The van der Waals surface area contributed by atoms with Crippen LogP contribution in [0.3, 0.4) is 0 Å². The van der Waals surface area contributed by atoms with E-state index in [4.69, 9.17) is 4.74 Å². The predicted molar refractivity (Wildman–Crippen MR) is 115 cm³/mol. The molecular formula is C24H26N2O5. The Bertz CT molecular complexity index is 983. The van der Waals surface area contributed by atoms with Crippen molar-refractivity contribution in [2.75, 3.05) is 6.61 Å². The molecule has 1 atom stereocenters. The number of aliphatic carboxylic acids is 1. The molecule has 31 heavy (non-hydrogen) atoms. The van der Waals surface area contributed by atoms with Crippen LogP contribution in [0.25, 0.3) is 11.1 Å². The molecule has 4 rings (SSSR count). The smallest absolute Gasteiger partial charge is 0.408 e.